The molecule has 448 valence electrons. The second-order valence-corrected chi connectivity index (χ2v) is 21.3. The number of carbonyl (C=O) groups excluding carboxylic acids is 3. The van der Waals surface area contributed by atoms with Crippen molar-refractivity contribution in [2.75, 3.05) is 13.2 Å². The second kappa shape index (κ2) is 66.1. The Balaban J connectivity index is 4.46. The van der Waals surface area contributed by atoms with Crippen LogP contribution in [0.2, 0.25) is 0 Å². The molecule has 0 aliphatic carbocycles. The molecule has 1 unspecified atom stereocenters. The molecule has 6 nitrogen and oxygen atoms in total. The highest BCUT2D eigenvalue weighted by Gasteiger charge is 2.19. The maximum atomic E-state index is 12.9. The Morgan fingerprint density at radius 2 is 0.506 bits per heavy atom. The fourth-order valence-corrected chi connectivity index (χ4v) is 8.79. The Hall–Kier alpha value is -4.45. The molecule has 0 radical (unpaired) electrons. The molecule has 0 saturated carbocycles. The number of ether oxygens (including phenoxy) is 3. The van der Waals surface area contributed by atoms with Crippen LogP contribution in [0.15, 0.2) is 134 Å². The summed E-state index contributed by atoms with van der Waals surface area (Å²) in [7, 11) is 0. The first-order valence-corrected chi connectivity index (χ1v) is 32.7. The molecule has 79 heavy (non-hydrogen) atoms. The van der Waals surface area contributed by atoms with E-state index in [-0.39, 0.29) is 44.0 Å². The smallest absolute Gasteiger partial charge is 0.306 e. The number of allylic oxidation sites excluding steroid dienone is 22. The molecule has 0 bridgehead atoms. The first-order valence-electron chi connectivity index (χ1n) is 32.7. The summed E-state index contributed by atoms with van der Waals surface area (Å²) in [6.07, 6.45) is 93.3. The van der Waals surface area contributed by atoms with E-state index in [2.05, 4.69) is 154 Å². The van der Waals surface area contributed by atoms with E-state index in [1.54, 1.807) is 0 Å². The predicted octanol–water partition coefficient (Wildman–Crippen LogP) is 22.5. The van der Waals surface area contributed by atoms with Crippen LogP contribution in [-0.2, 0) is 28.6 Å². The van der Waals surface area contributed by atoms with Crippen LogP contribution in [0.4, 0.5) is 0 Å². The lowest BCUT2D eigenvalue weighted by molar-refractivity contribution is -0.167. The summed E-state index contributed by atoms with van der Waals surface area (Å²) >= 11 is 0. The second-order valence-electron chi connectivity index (χ2n) is 21.3. The van der Waals surface area contributed by atoms with E-state index in [0.717, 1.165) is 109 Å². The number of rotatable bonds is 58. The molecule has 0 spiro atoms. The van der Waals surface area contributed by atoms with Crippen molar-refractivity contribution in [3.8, 4) is 0 Å². The lowest BCUT2D eigenvalue weighted by atomic mass is 10.0. The number of unbranched alkanes of at least 4 members (excludes halogenated alkanes) is 25. The summed E-state index contributed by atoms with van der Waals surface area (Å²) < 4.78 is 16.9. The standard InChI is InChI=1S/C73H120O6/c1-4-7-10-13-16-19-22-25-28-31-33-34-35-36-37-38-40-42-45-48-51-54-57-60-63-66-72(75)78-69-70(68-77-71(74)65-62-59-56-53-50-47-44-41-30-27-24-21-18-15-12-9-6-3)79-73(76)67-64-61-58-55-52-49-46-43-39-32-29-26-23-20-17-14-11-8-5-2/h8-9,11-12,17-18,20-21,26-27,29-31,33,39,43-44,47,49,52-53,56,70H,4-7,10,13-16,19,22-25,28,32,34-38,40-42,45-46,48,50-51,54-55,57-69H2,1-3H3/b11-8-,12-9-,20-17-,21-18-,29-26-,30-27-,33-31-,43-39-,47-44-,52-49-,56-53-. The van der Waals surface area contributed by atoms with Crippen molar-refractivity contribution in [2.24, 2.45) is 0 Å². The molecule has 0 N–H and O–H groups in total. The zero-order chi connectivity index (χ0) is 57.1. The Kier molecular flexibility index (Phi) is 62.3. The minimum atomic E-state index is -0.825. The zero-order valence-corrected chi connectivity index (χ0v) is 51.3. The molecule has 0 saturated heterocycles. The summed E-state index contributed by atoms with van der Waals surface area (Å²) in [5, 5.41) is 0. The fourth-order valence-electron chi connectivity index (χ4n) is 8.79. The average Bonchev–Trinajstić information content (AvgIpc) is 3.45. The van der Waals surface area contributed by atoms with Gasteiger partial charge < -0.3 is 14.2 Å². The van der Waals surface area contributed by atoms with Gasteiger partial charge in [-0.05, 0) is 128 Å². The number of esters is 3. The van der Waals surface area contributed by atoms with Crippen LogP contribution in [0.3, 0.4) is 0 Å². The van der Waals surface area contributed by atoms with E-state index >= 15 is 0 Å². The molecule has 0 fully saturated rings. The van der Waals surface area contributed by atoms with Gasteiger partial charge in [0.1, 0.15) is 13.2 Å². The molecule has 0 heterocycles. The van der Waals surface area contributed by atoms with Gasteiger partial charge in [-0.3, -0.25) is 14.4 Å². The fraction of sp³-hybridized carbons (Fsp3) is 0.658. The third-order valence-electron chi connectivity index (χ3n) is 13.6. The van der Waals surface area contributed by atoms with Crippen LogP contribution >= 0.6 is 0 Å². The Bertz CT molecular complexity index is 1680. The number of hydrogen-bond donors (Lipinski definition) is 0. The highest BCUT2D eigenvalue weighted by atomic mass is 16.6. The molecule has 0 aliphatic rings. The number of hydrogen-bond acceptors (Lipinski definition) is 6. The summed E-state index contributed by atoms with van der Waals surface area (Å²) in [5.41, 5.74) is 0. The van der Waals surface area contributed by atoms with Crippen molar-refractivity contribution in [1.29, 1.82) is 0 Å². The third kappa shape index (κ3) is 64.3. The van der Waals surface area contributed by atoms with Crippen LogP contribution < -0.4 is 0 Å². The molecule has 0 aromatic heterocycles. The minimum absolute atomic E-state index is 0.112. The first kappa shape index (κ1) is 74.5. The van der Waals surface area contributed by atoms with Crippen LogP contribution in [0, 0.1) is 0 Å². The first-order chi connectivity index (χ1) is 39.0. The molecular weight excluding hydrogens is 973 g/mol. The monoisotopic (exact) mass is 1090 g/mol. The van der Waals surface area contributed by atoms with Gasteiger partial charge in [0, 0.05) is 19.3 Å². The Morgan fingerprint density at radius 1 is 0.266 bits per heavy atom. The maximum Gasteiger partial charge on any atom is 0.306 e. The van der Waals surface area contributed by atoms with Gasteiger partial charge in [-0.2, -0.15) is 0 Å². The Labute approximate surface area is 487 Å². The lowest BCUT2D eigenvalue weighted by Gasteiger charge is -2.18. The van der Waals surface area contributed by atoms with Crippen LogP contribution in [0.25, 0.3) is 0 Å². The van der Waals surface area contributed by atoms with Crippen LogP contribution in [0.1, 0.15) is 290 Å². The van der Waals surface area contributed by atoms with Crippen LogP contribution in [0.5, 0.6) is 0 Å². The van der Waals surface area contributed by atoms with Crippen molar-refractivity contribution in [3.05, 3.63) is 134 Å². The summed E-state index contributed by atoms with van der Waals surface area (Å²) in [4.78, 5) is 38.3. The maximum absolute atomic E-state index is 12.9. The van der Waals surface area contributed by atoms with E-state index < -0.39 is 6.10 Å². The SMILES string of the molecule is CC/C=C\C/C=C\C/C=C\C/C=C\C/C=C\CCCCCC(=O)OC(COC(=O)CCC/C=C\C/C=C\C/C=C\C/C=C\C/C=C\CC)COC(=O)CCCCCCCCCCCCCCC/C=C\CCCCCCCCCC. The third-order valence-corrected chi connectivity index (χ3v) is 13.6. The molecule has 0 aliphatic heterocycles. The highest BCUT2D eigenvalue weighted by Crippen LogP contribution is 2.16. The largest absolute Gasteiger partial charge is 0.462 e. The zero-order valence-electron chi connectivity index (χ0n) is 51.3. The molecule has 1 atom stereocenters. The molecule has 0 aromatic rings. The summed E-state index contributed by atoms with van der Waals surface area (Å²) in [6.45, 7) is 6.35. The van der Waals surface area contributed by atoms with E-state index in [9.17, 15) is 14.4 Å². The van der Waals surface area contributed by atoms with Gasteiger partial charge in [0.15, 0.2) is 6.10 Å². The Morgan fingerprint density at radius 3 is 0.848 bits per heavy atom. The van der Waals surface area contributed by atoms with Crippen LogP contribution in [-0.4, -0.2) is 37.2 Å². The quantitative estimate of drug-likeness (QED) is 0.0261. The molecule has 6 heteroatoms. The van der Waals surface area contributed by atoms with E-state index in [1.807, 2.05) is 0 Å². The van der Waals surface area contributed by atoms with Gasteiger partial charge in [-0.1, -0.05) is 276 Å². The van der Waals surface area contributed by atoms with Crippen molar-refractivity contribution >= 4 is 17.9 Å². The van der Waals surface area contributed by atoms with E-state index in [4.69, 9.17) is 14.2 Å². The van der Waals surface area contributed by atoms with Crippen molar-refractivity contribution in [2.45, 2.75) is 297 Å². The van der Waals surface area contributed by atoms with Gasteiger partial charge in [-0.25, -0.2) is 0 Å². The minimum Gasteiger partial charge on any atom is -0.462 e. The molecule has 0 aromatic carbocycles. The molecular formula is C73H120O6. The predicted molar refractivity (Wildman–Crippen MR) is 343 cm³/mol. The van der Waals surface area contributed by atoms with Crippen molar-refractivity contribution in [1.82, 2.24) is 0 Å². The van der Waals surface area contributed by atoms with E-state index in [1.165, 1.54) is 128 Å². The lowest BCUT2D eigenvalue weighted by Crippen LogP contribution is -2.30. The van der Waals surface area contributed by atoms with Gasteiger partial charge >= 0.3 is 17.9 Å². The van der Waals surface area contributed by atoms with Gasteiger partial charge in [0.05, 0.1) is 0 Å². The van der Waals surface area contributed by atoms with Gasteiger partial charge in [0.25, 0.3) is 0 Å². The van der Waals surface area contributed by atoms with Gasteiger partial charge in [0.2, 0.25) is 0 Å². The van der Waals surface area contributed by atoms with E-state index in [0.29, 0.717) is 19.3 Å². The average molecular weight is 1090 g/mol. The highest BCUT2D eigenvalue weighted by molar-refractivity contribution is 5.71. The summed E-state index contributed by atoms with van der Waals surface area (Å²) in [6, 6.07) is 0. The summed E-state index contributed by atoms with van der Waals surface area (Å²) in [5.74, 6) is -1.00. The molecule has 0 rings (SSSR count). The van der Waals surface area contributed by atoms with Crippen molar-refractivity contribution < 1.29 is 28.6 Å². The normalized spacial score (nSPS) is 13.0. The number of carbonyl (C=O) groups is 3. The van der Waals surface area contributed by atoms with Crippen molar-refractivity contribution in [3.63, 3.8) is 0 Å². The topological polar surface area (TPSA) is 78.9 Å². The molecule has 0 amide bonds. The van der Waals surface area contributed by atoms with Gasteiger partial charge in [-0.15, -0.1) is 0 Å².